The van der Waals surface area contributed by atoms with Crippen molar-refractivity contribution < 1.29 is 9.90 Å². The maximum absolute atomic E-state index is 13.5. The van der Waals surface area contributed by atoms with Crippen LogP contribution in [0.4, 0.5) is 0 Å². The van der Waals surface area contributed by atoms with Gasteiger partial charge in [0.1, 0.15) is 0 Å². The highest BCUT2D eigenvalue weighted by Crippen LogP contribution is 2.64. The van der Waals surface area contributed by atoms with Gasteiger partial charge in [-0.05, 0) is 106 Å². The highest BCUT2D eigenvalue weighted by atomic mass is 16.3. The van der Waals surface area contributed by atoms with E-state index in [1.165, 1.54) is 38.5 Å². The molecule has 1 N–H and O–H groups in total. The van der Waals surface area contributed by atoms with Crippen molar-refractivity contribution >= 4 is 16.7 Å². The van der Waals surface area contributed by atoms with Crippen LogP contribution in [0, 0.1) is 40.9 Å². The molecular formula is C27H37N3O2. The lowest BCUT2D eigenvalue weighted by molar-refractivity contribution is -0.133. The lowest BCUT2D eigenvalue weighted by atomic mass is 9.49. The number of pyridine rings is 1. The van der Waals surface area contributed by atoms with Crippen LogP contribution >= 0.6 is 0 Å². The number of fused-ring (bicyclic) bond motifs is 6. The Morgan fingerprint density at radius 2 is 1.94 bits per heavy atom. The van der Waals surface area contributed by atoms with E-state index in [2.05, 4.69) is 17.0 Å². The molecule has 4 aliphatic rings. The topological polar surface area (TPSA) is 68.0 Å². The van der Waals surface area contributed by atoms with Gasteiger partial charge in [0.2, 0.25) is 0 Å². The fourth-order valence-corrected chi connectivity index (χ4v) is 8.88. The fraction of sp³-hybridized carbons (Fsp3) is 0.741. The van der Waals surface area contributed by atoms with Gasteiger partial charge in [0, 0.05) is 29.9 Å². The Kier molecular flexibility index (Phi) is 4.80. The van der Waals surface area contributed by atoms with Crippen LogP contribution in [0.1, 0.15) is 71.6 Å². The molecule has 4 aliphatic carbocycles. The molecule has 4 fully saturated rings. The van der Waals surface area contributed by atoms with Crippen molar-refractivity contribution in [3.8, 4) is 0 Å². The molecule has 0 aromatic carbocycles. The van der Waals surface area contributed by atoms with Gasteiger partial charge in [0.05, 0.1) is 17.7 Å². The zero-order valence-electron chi connectivity index (χ0n) is 19.5. The molecule has 0 saturated heterocycles. The molecule has 5 heteroatoms. The summed E-state index contributed by atoms with van der Waals surface area (Å²) in [5, 5.41) is 16.2. The lowest BCUT2D eigenvalue weighted by Crippen LogP contribution is -2.51. The zero-order chi connectivity index (χ0) is 22.1. The van der Waals surface area contributed by atoms with E-state index in [-0.39, 0.29) is 11.3 Å². The molecule has 8 atom stereocenters. The van der Waals surface area contributed by atoms with Gasteiger partial charge < -0.3 is 5.11 Å². The van der Waals surface area contributed by atoms with E-state index in [0.717, 1.165) is 47.9 Å². The molecule has 5 nitrogen and oxygen atoms in total. The molecule has 0 amide bonds. The number of hydrogen-bond donors (Lipinski definition) is 1. The molecule has 2 aromatic heterocycles. The molecule has 0 radical (unpaired) electrons. The molecule has 6 rings (SSSR count). The molecule has 172 valence electrons. The number of nitrogens with zero attached hydrogens (tertiary/aromatic N) is 3. The second-order valence-corrected chi connectivity index (χ2v) is 12.1. The minimum Gasteiger partial charge on any atom is -0.390 e. The minimum absolute atomic E-state index is 0.152. The summed E-state index contributed by atoms with van der Waals surface area (Å²) < 4.78 is 1.83. The van der Waals surface area contributed by atoms with Crippen molar-refractivity contribution in [1.82, 2.24) is 14.8 Å². The predicted octanol–water partition coefficient (Wildman–Crippen LogP) is 5.02. The van der Waals surface area contributed by atoms with Crippen LogP contribution in [0.15, 0.2) is 24.7 Å². The first kappa shape index (κ1) is 20.8. The first-order valence-electron chi connectivity index (χ1n) is 12.9. The van der Waals surface area contributed by atoms with Gasteiger partial charge in [-0.1, -0.05) is 6.92 Å². The first-order valence-corrected chi connectivity index (χ1v) is 12.9. The summed E-state index contributed by atoms with van der Waals surface area (Å²) in [4.78, 5) is 17.7. The number of carbonyl (C=O) groups excluding carboxylic acids is 1. The summed E-state index contributed by atoms with van der Waals surface area (Å²) in [7, 11) is 0. The Morgan fingerprint density at radius 3 is 2.78 bits per heavy atom. The van der Waals surface area contributed by atoms with E-state index < -0.39 is 5.60 Å². The lowest BCUT2D eigenvalue weighted by Gasteiger charge is -2.56. The van der Waals surface area contributed by atoms with Crippen LogP contribution in [0.3, 0.4) is 0 Å². The Balaban J connectivity index is 1.18. The van der Waals surface area contributed by atoms with Crippen LogP contribution in [0.5, 0.6) is 0 Å². The number of aromatic nitrogens is 3. The Labute approximate surface area is 191 Å². The second-order valence-electron chi connectivity index (χ2n) is 12.1. The van der Waals surface area contributed by atoms with Gasteiger partial charge in [-0.3, -0.25) is 14.5 Å². The van der Waals surface area contributed by atoms with Crippen LogP contribution in [-0.2, 0) is 11.3 Å². The average molecular weight is 436 g/mol. The van der Waals surface area contributed by atoms with Crippen LogP contribution in [0.25, 0.3) is 10.9 Å². The van der Waals surface area contributed by atoms with E-state index >= 15 is 0 Å². The van der Waals surface area contributed by atoms with Crippen molar-refractivity contribution in [2.24, 2.45) is 40.9 Å². The van der Waals surface area contributed by atoms with Gasteiger partial charge >= 0.3 is 0 Å². The van der Waals surface area contributed by atoms with Crippen molar-refractivity contribution in [2.75, 3.05) is 0 Å². The average Bonchev–Trinajstić information content (AvgIpc) is 3.32. The number of aliphatic hydroxyl groups is 1. The third kappa shape index (κ3) is 3.26. The third-order valence-corrected chi connectivity index (χ3v) is 10.3. The van der Waals surface area contributed by atoms with E-state index in [0.29, 0.717) is 24.2 Å². The van der Waals surface area contributed by atoms with Gasteiger partial charge in [0.15, 0.2) is 5.78 Å². The molecule has 2 heterocycles. The number of Topliss-reactive ketones (excluding diaryl/α,β-unsaturated/α-hetero) is 1. The first-order chi connectivity index (χ1) is 15.3. The van der Waals surface area contributed by atoms with E-state index in [1.54, 1.807) is 6.20 Å². The zero-order valence-corrected chi connectivity index (χ0v) is 19.5. The highest BCUT2D eigenvalue weighted by molar-refractivity contribution is 5.83. The number of hydrogen-bond acceptors (Lipinski definition) is 4. The number of carbonyl (C=O) groups is 1. The van der Waals surface area contributed by atoms with E-state index in [1.807, 2.05) is 30.1 Å². The molecule has 0 spiro atoms. The Bertz CT molecular complexity index is 996. The fourth-order valence-electron chi connectivity index (χ4n) is 8.88. The molecule has 4 saturated carbocycles. The third-order valence-electron chi connectivity index (χ3n) is 10.3. The SMILES string of the molecule is CC1(O)CCC2C(CCC3C2CCC2(C)C(C(=O)Cn4cc5cnccc5n4)CCC32)C1. The standard InChI is InChI=1S/C27H37N3O2/c1-26(32)10-7-19-17(13-26)3-4-21-20(19)8-11-27(2)22(21)5-6-23(27)25(31)16-30-15-18-14-28-12-9-24(18)29-30/h9,12,14-15,17,19-23,32H,3-8,10-11,13,16H2,1-2H3. The maximum Gasteiger partial charge on any atom is 0.157 e. The smallest absolute Gasteiger partial charge is 0.157 e. The molecular weight excluding hydrogens is 398 g/mol. The molecule has 0 bridgehead atoms. The summed E-state index contributed by atoms with van der Waals surface area (Å²) in [5.74, 6) is 4.36. The molecule has 0 aliphatic heterocycles. The summed E-state index contributed by atoms with van der Waals surface area (Å²) in [6, 6.07) is 1.91. The van der Waals surface area contributed by atoms with E-state index in [4.69, 9.17) is 0 Å². The highest BCUT2D eigenvalue weighted by Gasteiger charge is 2.58. The quantitative estimate of drug-likeness (QED) is 0.735. The van der Waals surface area contributed by atoms with Crippen LogP contribution in [0.2, 0.25) is 0 Å². The normalized spacial score (nSPS) is 43.5. The van der Waals surface area contributed by atoms with Crippen LogP contribution < -0.4 is 0 Å². The van der Waals surface area contributed by atoms with Crippen molar-refractivity contribution in [3.05, 3.63) is 24.7 Å². The van der Waals surface area contributed by atoms with Gasteiger partial charge in [0.25, 0.3) is 0 Å². The largest absolute Gasteiger partial charge is 0.390 e. The summed E-state index contributed by atoms with van der Waals surface area (Å²) in [6.07, 6.45) is 16.0. The van der Waals surface area contributed by atoms with Gasteiger partial charge in [-0.15, -0.1) is 0 Å². The number of ketones is 1. The summed E-state index contributed by atoms with van der Waals surface area (Å²) >= 11 is 0. The molecule has 32 heavy (non-hydrogen) atoms. The van der Waals surface area contributed by atoms with Crippen LogP contribution in [-0.4, -0.2) is 31.3 Å². The molecule has 8 unspecified atom stereocenters. The van der Waals surface area contributed by atoms with Crippen molar-refractivity contribution in [2.45, 2.75) is 83.8 Å². The van der Waals surface area contributed by atoms with Gasteiger partial charge in [-0.2, -0.15) is 5.10 Å². The Hall–Kier alpha value is -1.75. The number of rotatable bonds is 3. The summed E-state index contributed by atoms with van der Waals surface area (Å²) in [6.45, 7) is 4.86. The Morgan fingerprint density at radius 1 is 1.09 bits per heavy atom. The summed E-state index contributed by atoms with van der Waals surface area (Å²) in [5.41, 5.74) is 0.612. The van der Waals surface area contributed by atoms with Gasteiger partial charge in [-0.25, -0.2) is 0 Å². The molecule has 2 aromatic rings. The minimum atomic E-state index is -0.449. The monoisotopic (exact) mass is 435 g/mol. The second kappa shape index (κ2) is 7.38. The van der Waals surface area contributed by atoms with Crippen molar-refractivity contribution in [3.63, 3.8) is 0 Å². The maximum atomic E-state index is 13.5. The van der Waals surface area contributed by atoms with E-state index in [9.17, 15) is 9.90 Å². The van der Waals surface area contributed by atoms with Crippen molar-refractivity contribution in [1.29, 1.82) is 0 Å². The predicted molar refractivity (Wildman–Crippen MR) is 124 cm³/mol.